The predicted molar refractivity (Wildman–Crippen MR) is 91.4 cm³/mol. The molecule has 1 heterocycles. The van der Waals surface area contributed by atoms with Gasteiger partial charge in [-0.2, -0.15) is 13.2 Å². The van der Waals surface area contributed by atoms with Crippen molar-refractivity contribution < 1.29 is 22.4 Å². The molecule has 2 amide bonds. The van der Waals surface area contributed by atoms with Gasteiger partial charge in [0, 0.05) is 11.9 Å². The first kappa shape index (κ1) is 17.8. The fraction of sp³-hybridized carbons (Fsp3) is 0.211. The first-order valence-electron chi connectivity index (χ1n) is 8.02. The van der Waals surface area contributed by atoms with Crippen molar-refractivity contribution in [2.75, 3.05) is 0 Å². The summed E-state index contributed by atoms with van der Waals surface area (Å²) in [7, 11) is 0. The maximum atomic E-state index is 12.7. The van der Waals surface area contributed by atoms with E-state index < -0.39 is 17.8 Å². The van der Waals surface area contributed by atoms with E-state index in [2.05, 4.69) is 10.6 Å². The molecule has 0 spiro atoms. The van der Waals surface area contributed by atoms with E-state index in [0.717, 1.165) is 23.1 Å². The minimum atomic E-state index is -4.41. The Labute approximate surface area is 148 Å². The molecule has 0 aliphatic rings. The van der Waals surface area contributed by atoms with Crippen LogP contribution in [0.1, 0.15) is 29.9 Å². The second-order valence-corrected chi connectivity index (χ2v) is 5.93. The Bertz CT molecular complexity index is 885. The number of alkyl halides is 3. The lowest BCUT2D eigenvalue weighted by molar-refractivity contribution is -0.137. The number of carbonyl (C=O) groups is 1. The van der Waals surface area contributed by atoms with Crippen molar-refractivity contribution in [1.82, 2.24) is 10.6 Å². The Morgan fingerprint density at radius 3 is 2.62 bits per heavy atom. The maximum Gasteiger partial charge on any atom is 0.416 e. The van der Waals surface area contributed by atoms with Gasteiger partial charge in [-0.3, -0.25) is 0 Å². The van der Waals surface area contributed by atoms with E-state index >= 15 is 0 Å². The third kappa shape index (κ3) is 4.17. The molecule has 1 aromatic heterocycles. The lowest BCUT2D eigenvalue weighted by Crippen LogP contribution is -2.36. The maximum absolute atomic E-state index is 12.7. The third-order valence-electron chi connectivity index (χ3n) is 3.93. The van der Waals surface area contributed by atoms with E-state index in [1.807, 2.05) is 30.3 Å². The van der Waals surface area contributed by atoms with Crippen LogP contribution < -0.4 is 10.6 Å². The molecular weight excluding hydrogens is 345 g/mol. The van der Waals surface area contributed by atoms with E-state index in [9.17, 15) is 18.0 Å². The molecule has 0 saturated carbocycles. The summed E-state index contributed by atoms with van der Waals surface area (Å²) in [4.78, 5) is 12.0. The summed E-state index contributed by atoms with van der Waals surface area (Å²) in [6.45, 7) is 1.75. The Hall–Kier alpha value is -2.96. The lowest BCUT2D eigenvalue weighted by Gasteiger charge is -2.13. The van der Waals surface area contributed by atoms with Crippen molar-refractivity contribution in [1.29, 1.82) is 0 Å². The average molecular weight is 362 g/mol. The summed E-state index contributed by atoms with van der Waals surface area (Å²) in [6, 6.07) is 13.3. The number of hydrogen-bond donors (Lipinski definition) is 2. The summed E-state index contributed by atoms with van der Waals surface area (Å²) in [5, 5.41) is 6.19. The van der Waals surface area contributed by atoms with Crippen molar-refractivity contribution >= 4 is 17.0 Å². The number of hydrogen-bond acceptors (Lipinski definition) is 2. The van der Waals surface area contributed by atoms with Crippen LogP contribution in [-0.4, -0.2) is 6.03 Å². The van der Waals surface area contributed by atoms with Crippen molar-refractivity contribution in [3.05, 3.63) is 71.5 Å². The van der Waals surface area contributed by atoms with Crippen LogP contribution in [0.5, 0.6) is 0 Å². The van der Waals surface area contributed by atoms with Crippen molar-refractivity contribution in [3.8, 4) is 0 Å². The van der Waals surface area contributed by atoms with Crippen molar-refractivity contribution in [2.24, 2.45) is 0 Å². The monoisotopic (exact) mass is 362 g/mol. The number of rotatable bonds is 4. The quantitative estimate of drug-likeness (QED) is 0.685. The number of furan rings is 1. The second-order valence-electron chi connectivity index (χ2n) is 5.93. The molecule has 7 heteroatoms. The van der Waals surface area contributed by atoms with Crippen LogP contribution in [0.2, 0.25) is 0 Å². The highest BCUT2D eigenvalue weighted by atomic mass is 19.4. The van der Waals surface area contributed by atoms with Crippen LogP contribution >= 0.6 is 0 Å². The molecule has 1 unspecified atom stereocenters. The summed E-state index contributed by atoms with van der Waals surface area (Å²) < 4.78 is 43.8. The second kappa shape index (κ2) is 7.11. The number of amides is 2. The predicted octanol–water partition coefficient (Wildman–Crippen LogP) is 5.01. The number of urea groups is 1. The Kier molecular flexibility index (Phi) is 4.88. The zero-order valence-electron chi connectivity index (χ0n) is 13.9. The highest BCUT2D eigenvalue weighted by Gasteiger charge is 2.30. The van der Waals surface area contributed by atoms with Crippen LogP contribution in [0.15, 0.2) is 59.0 Å². The molecular formula is C19H17F3N2O2. The van der Waals surface area contributed by atoms with Gasteiger partial charge in [-0.25, -0.2) is 4.79 Å². The summed E-state index contributed by atoms with van der Waals surface area (Å²) in [5.41, 5.74) is 0.347. The van der Waals surface area contributed by atoms with E-state index in [1.165, 1.54) is 12.1 Å². The summed E-state index contributed by atoms with van der Waals surface area (Å²) in [5.74, 6) is 0.598. The molecule has 3 rings (SSSR count). The van der Waals surface area contributed by atoms with Crippen LogP contribution in [0.25, 0.3) is 11.0 Å². The van der Waals surface area contributed by atoms with Gasteiger partial charge >= 0.3 is 12.2 Å². The van der Waals surface area contributed by atoms with Gasteiger partial charge in [-0.1, -0.05) is 30.3 Å². The molecule has 26 heavy (non-hydrogen) atoms. The van der Waals surface area contributed by atoms with Gasteiger partial charge in [0.25, 0.3) is 0 Å². The van der Waals surface area contributed by atoms with E-state index in [1.54, 1.807) is 6.92 Å². The van der Waals surface area contributed by atoms with Crippen molar-refractivity contribution in [3.63, 3.8) is 0 Å². The van der Waals surface area contributed by atoms with E-state index in [-0.39, 0.29) is 12.6 Å². The van der Waals surface area contributed by atoms with Gasteiger partial charge in [0.15, 0.2) is 0 Å². The first-order chi connectivity index (χ1) is 12.3. The van der Waals surface area contributed by atoms with Gasteiger partial charge in [-0.15, -0.1) is 0 Å². The van der Waals surface area contributed by atoms with Crippen LogP contribution in [0, 0.1) is 0 Å². The normalized spacial score (nSPS) is 12.8. The van der Waals surface area contributed by atoms with Gasteiger partial charge in [0.2, 0.25) is 0 Å². The van der Waals surface area contributed by atoms with Crippen LogP contribution in [-0.2, 0) is 12.7 Å². The van der Waals surface area contributed by atoms with E-state index in [4.69, 9.17) is 4.42 Å². The van der Waals surface area contributed by atoms with Crippen LogP contribution in [0.3, 0.4) is 0 Å². The number of fused-ring (bicyclic) bond motifs is 1. The third-order valence-corrected chi connectivity index (χ3v) is 3.93. The van der Waals surface area contributed by atoms with Crippen molar-refractivity contribution in [2.45, 2.75) is 25.7 Å². The van der Waals surface area contributed by atoms with Gasteiger partial charge < -0.3 is 15.1 Å². The SMILES string of the molecule is CC(NC(=O)NCc1cccc(C(F)(F)F)c1)c1cc2ccccc2o1. The molecule has 136 valence electrons. The Morgan fingerprint density at radius 2 is 1.88 bits per heavy atom. The Morgan fingerprint density at radius 1 is 1.12 bits per heavy atom. The molecule has 0 bridgehead atoms. The molecule has 3 aromatic rings. The molecule has 1 atom stereocenters. The van der Waals surface area contributed by atoms with Crippen LogP contribution in [0.4, 0.5) is 18.0 Å². The number of nitrogens with one attached hydrogen (secondary N) is 2. The highest BCUT2D eigenvalue weighted by molar-refractivity contribution is 5.78. The van der Waals surface area contributed by atoms with E-state index in [0.29, 0.717) is 11.3 Å². The first-order valence-corrected chi connectivity index (χ1v) is 8.02. The molecule has 0 saturated heterocycles. The highest BCUT2D eigenvalue weighted by Crippen LogP contribution is 2.29. The van der Waals surface area contributed by atoms with Gasteiger partial charge in [0.05, 0.1) is 11.6 Å². The minimum Gasteiger partial charge on any atom is -0.459 e. The van der Waals surface area contributed by atoms with Gasteiger partial charge in [0.1, 0.15) is 11.3 Å². The fourth-order valence-corrected chi connectivity index (χ4v) is 2.57. The minimum absolute atomic E-state index is 0.0113. The Balaban J connectivity index is 1.58. The number of halogens is 3. The van der Waals surface area contributed by atoms with Gasteiger partial charge in [-0.05, 0) is 36.8 Å². The molecule has 0 radical (unpaired) electrons. The molecule has 0 fully saturated rings. The lowest BCUT2D eigenvalue weighted by atomic mass is 10.1. The smallest absolute Gasteiger partial charge is 0.416 e. The number of benzene rings is 2. The molecule has 4 nitrogen and oxygen atoms in total. The molecule has 2 N–H and O–H groups in total. The fourth-order valence-electron chi connectivity index (χ4n) is 2.57. The molecule has 0 aliphatic heterocycles. The standard InChI is InChI=1S/C19H17F3N2O2/c1-12(17-10-14-6-2-3-8-16(14)26-17)24-18(25)23-11-13-5-4-7-15(9-13)19(20,21)22/h2-10,12H,11H2,1H3,(H2,23,24,25). The largest absolute Gasteiger partial charge is 0.459 e. The zero-order valence-corrected chi connectivity index (χ0v) is 13.9. The summed E-state index contributed by atoms with van der Waals surface area (Å²) in [6.07, 6.45) is -4.41. The number of para-hydroxylation sites is 1. The number of carbonyl (C=O) groups excluding carboxylic acids is 1. The topological polar surface area (TPSA) is 54.3 Å². The zero-order chi connectivity index (χ0) is 18.7. The average Bonchev–Trinajstić information content (AvgIpc) is 3.04. The summed E-state index contributed by atoms with van der Waals surface area (Å²) >= 11 is 0. The molecule has 0 aliphatic carbocycles. The molecule has 2 aromatic carbocycles.